The van der Waals surface area contributed by atoms with Crippen molar-refractivity contribution in [3.63, 3.8) is 0 Å². The van der Waals surface area contributed by atoms with E-state index in [1.165, 1.54) is 0 Å². The SMILES string of the molecule is CC.CC.CC(O)c1cc(N)c(Br)cc1Cl. The maximum atomic E-state index is 9.26. The van der Waals surface area contributed by atoms with Crippen LogP contribution in [0.5, 0.6) is 0 Å². The lowest BCUT2D eigenvalue weighted by Gasteiger charge is -2.09. The minimum absolute atomic E-state index is 0.520. The van der Waals surface area contributed by atoms with Gasteiger partial charge in [-0.05, 0) is 35.0 Å². The molecule has 1 aromatic rings. The first-order valence-corrected chi connectivity index (χ1v) is 6.62. The van der Waals surface area contributed by atoms with Crippen molar-refractivity contribution in [3.8, 4) is 0 Å². The summed E-state index contributed by atoms with van der Waals surface area (Å²) in [5, 5.41) is 9.78. The van der Waals surface area contributed by atoms with Gasteiger partial charge in [-0.2, -0.15) is 0 Å². The van der Waals surface area contributed by atoms with Gasteiger partial charge < -0.3 is 10.8 Å². The molecule has 1 unspecified atom stereocenters. The molecule has 0 aliphatic carbocycles. The van der Waals surface area contributed by atoms with Crippen LogP contribution in [-0.2, 0) is 0 Å². The Morgan fingerprint density at radius 3 is 2.06 bits per heavy atom. The molecule has 1 rings (SSSR count). The molecule has 0 aliphatic rings. The van der Waals surface area contributed by atoms with Gasteiger partial charge in [-0.3, -0.25) is 0 Å². The fourth-order valence-corrected chi connectivity index (χ4v) is 1.70. The molecule has 1 atom stereocenters. The summed E-state index contributed by atoms with van der Waals surface area (Å²) in [5.74, 6) is 0. The summed E-state index contributed by atoms with van der Waals surface area (Å²) in [7, 11) is 0. The summed E-state index contributed by atoms with van der Waals surface area (Å²) in [5.41, 5.74) is 6.84. The summed E-state index contributed by atoms with van der Waals surface area (Å²) in [4.78, 5) is 0. The van der Waals surface area contributed by atoms with Crippen LogP contribution in [0.3, 0.4) is 0 Å². The predicted molar refractivity (Wildman–Crippen MR) is 76.9 cm³/mol. The molecule has 1 aromatic carbocycles. The van der Waals surface area contributed by atoms with Crippen molar-refractivity contribution in [2.75, 3.05) is 5.73 Å². The molecule has 0 fully saturated rings. The van der Waals surface area contributed by atoms with Crippen molar-refractivity contribution in [2.45, 2.75) is 40.7 Å². The zero-order valence-corrected chi connectivity index (χ0v) is 12.9. The number of benzene rings is 1. The third-order valence-electron chi connectivity index (χ3n) is 1.57. The third kappa shape index (κ3) is 5.73. The van der Waals surface area contributed by atoms with Crippen LogP contribution in [0.4, 0.5) is 5.69 Å². The second-order valence-electron chi connectivity index (χ2n) is 2.57. The van der Waals surface area contributed by atoms with Gasteiger partial charge in [0.2, 0.25) is 0 Å². The Morgan fingerprint density at radius 2 is 1.69 bits per heavy atom. The first kappa shape index (κ1) is 18.1. The monoisotopic (exact) mass is 309 g/mol. The number of anilines is 1. The van der Waals surface area contributed by atoms with Crippen molar-refractivity contribution in [3.05, 3.63) is 27.2 Å². The van der Waals surface area contributed by atoms with E-state index < -0.39 is 6.10 Å². The number of aliphatic hydroxyl groups is 1. The van der Waals surface area contributed by atoms with Crippen molar-refractivity contribution in [2.24, 2.45) is 0 Å². The summed E-state index contributed by atoms with van der Waals surface area (Å²) in [6.45, 7) is 9.65. The molecule has 0 spiro atoms. The Balaban J connectivity index is 0. The summed E-state index contributed by atoms with van der Waals surface area (Å²) >= 11 is 9.09. The largest absolute Gasteiger partial charge is 0.398 e. The molecule has 0 amide bonds. The first-order valence-electron chi connectivity index (χ1n) is 5.45. The van der Waals surface area contributed by atoms with Gasteiger partial charge in [0.25, 0.3) is 0 Å². The second-order valence-corrected chi connectivity index (χ2v) is 3.83. The fraction of sp³-hybridized carbons (Fsp3) is 0.500. The Morgan fingerprint density at radius 1 is 1.25 bits per heavy atom. The minimum Gasteiger partial charge on any atom is -0.398 e. The normalized spacial score (nSPS) is 10.5. The second kappa shape index (κ2) is 9.94. The van der Waals surface area contributed by atoms with Gasteiger partial charge in [-0.25, -0.2) is 0 Å². The van der Waals surface area contributed by atoms with E-state index in [2.05, 4.69) is 15.9 Å². The van der Waals surface area contributed by atoms with E-state index in [4.69, 9.17) is 17.3 Å². The van der Waals surface area contributed by atoms with Crippen LogP contribution in [0.1, 0.15) is 46.3 Å². The van der Waals surface area contributed by atoms with E-state index >= 15 is 0 Å². The quantitative estimate of drug-likeness (QED) is 0.733. The van der Waals surface area contributed by atoms with Crippen molar-refractivity contribution in [1.82, 2.24) is 0 Å². The molecule has 16 heavy (non-hydrogen) atoms. The molecule has 94 valence electrons. The van der Waals surface area contributed by atoms with Gasteiger partial charge in [0, 0.05) is 20.7 Å². The van der Waals surface area contributed by atoms with Crippen molar-refractivity contribution >= 4 is 33.2 Å². The Kier molecular flexibility index (Phi) is 11.3. The number of halogens is 2. The van der Waals surface area contributed by atoms with Crippen LogP contribution in [-0.4, -0.2) is 5.11 Å². The molecule has 0 aliphatic heterocycles. The Bertz CT molecular complexity index is 303. The lowest BCUT2D eigenvalue weighted by Crippen LogP contribution is -1.95. The van der Waals surface area contributed by atoms with Gasteiger partial charge in [-0.1, -0.05) is 39.3 Å². The Hall–Kier alpha value is -0.250. The highest BCUT2D eigenvalue weighted by Gasteiger charge is 2.08. The van der Waals surface area contributed by atoms with Crippen molar-refractivity contribution < 1.29 is 5.11 Å². The lowest BCUT2D eigenvalue weighted by atomic mass is 10.1. The molecule has 4 heteroatoms. The van der Waals surface area contributed by atoms with E-state index in [9.17, 15) is 5.11 Å². The molecule has 0 radical (unpaired) electrons. The molecular formula is C12H21BrClNO. The maximum Gasteiger partial charge on any atom is 0.0777 e. The average molecular weight is 311 g/mol. The molecule has 0 aromatic heterocycles. The summed E-state index contributed by atoms with van der Waals surface area (Å²) in [6.07, 6.45) is -0.590. The van der Waals surface area contributed by atoms with Crippen LogP contribution >= 0.6 is 27.5 Å². The van der Waals surface area contributed by atoms with Gasteiger partial charge >= 0.3 is 0 Å². The van der Waals surface area contributed by atoms with Crippen LogP contribution in [0.2, 0.25) is 5.02 Å². The van der Waals surface area contributed by atoms with Crippen LogP contribution in [0.25, 0.3) is 0 Å². The molecule has 2 nitrogen and oxygen atoms in total. The average Bonchev–Trinajstić information content (AvgIpc) is 2.28. The van der Waals surface area contributed by atoms with E-state index in [0.29, 0.717) is 16.3 Å². The highest BCUT2D eigenvalue weighted by molar-refractivity contribution is 9.10. The molecule has 0 saturated carbocycles. The lowest BCUT2D eigenvalue weighted by molar-refractivity contribution is 0.199. The standard InChI is InChI=1S/C8H9BrClNO.2C2H6/c1-4(12)5-2-8(11)6(9)3-7(5)10;2*1-2/h2-4,12H,11H2,1H3;2*1-2H3. The summed E-state index contributed by atoms with van der Waals surface area (Å²) in [6, 6.07) is 3.34. The van der Waals surface area contributed by atoms with Gasteiger partial charge in [0.1, 0.15) is 0 Å². The number of nitrogens with two attached hydrogens (primary N) is 1. The molecule has 0 saturated heterocycles. The van der Waals surface area contributed by atoms with Crippen molar-refractivity contribution in [1.29, 1.82) is 0 Å². The number of rotatable bonds is 1. The molecule has 3 N–H and O–H groups in total. The number of hydrogen-bond donors (Lipinski definition) is 2. The highest BCUT2D eigenvalue weighted by Crippen LogP contribution is 2.30. The minimum atomic E-state index is -0.590. The third-order valence-corrected chi connectivity index (χ3v) is 2.58. The summed E-state index contributed by atoms with van der Waals surface area (Å²) < 4.78 is 0.747. The zero-order valence-electron chi connectivity index (χ0n) is 10.5. The van der Waals surface area contributed by atoms with Crippen LogP contribution in [0.15, 0.2) is 16.6 Å². The fourth-order valence-electron chi connectivity index (χ4n) is 0.903. The maximum absolute atomic E-state index is 9.26. The Labute approximate surface area is 112 Å². The van der Waals surface area contributed by atoms with Crippen LogP contribution in [0, 0.1) is 0 Å². The van der Waals surface area contributed by atoms with E-state index in [1.54, 1.807) is 19.1 Å². The van der Waals surface area contributed by atoms with E-state index in [0.717, 1.165) is 4.47 Å². The zero-order chi connectivity index (χ0) is 13.3. The number of aliphatic hydroxyl groups excluding tert-OH is 1. The van der Waals surface area contributed by atoms with E-state index in [-0.39, 0.29) is 0 Å². The predicted octanol–water partition coefficient (Wildman–Crippen LogP) is 4.79. The van der Waals surface area contributed by atoms with Gasteiger partial charge in [0.05, 0.1) is 6.10 Å². The smallest absolute Gasteiger partial charge is 0.0777 e. The number of nitrogen functional groups attached to an aromatic ring is 1. The molecular weight excluding hydrogens is 289 g/mol. The molecule has 0 heterocycles. The highest BCUT2D eigenvalue weighted by atomic mass is 79.9. The van der Waals surface area contributed by atoms with E-state index in [1.807, 2.05) is 27.7 Å². The van der Waals surface area contributed by atoms with Gasteiger partial charge in [-0.15, -0.1) is 0 Å². The first-order chi connectivity index (χ1) is 7.52. The topological polar surface area (TPSA) is 46.2 Å². The molecule has 0 bridgehead atoms. The number of hydrogen-bond acceptors (Lipinski definition) is 2. The van der Waals surface area contributed by atoms with Gasteiger partial charge in [0.15, 0.2) is 0 Å². The van der Waals surface area contributed by atoms with Crippen LogP contribution < -0.4 is 5.73 Å².